The summed E-state index contributed by atoms with van der Waals surface area (Å²) in [6, 6.07) is 1.21. The van der Waals surface area contributed by atoms with E-state index in [1.165, 1.54) is 11.0 Å². The zero-order valence-corrected chi connectivity index (χ0v) is 12.1. The molecule has 0 saturated heterocycles. The van der Waals surface area contributed by atoms with Crippen molar-refractivity contribution in [1.29, 1.82) is 0 Å². The van der Waals surface area contributed by atoms with Crippen molar-refractivity contribution in [2.75, 3.05) is 18.9 Å². The van der Waals surface area contributed by atoms with Crippen LogP contribution in [-0.4, -0.2) is 39.6 Å². The van der Waals surface area contributed by atoms with Crippen LogP contribution in [0.5, 0.6) is 0 Å². The van der Waals surface area contributed by atoms with Crippen LogP contribution in [0, 0.1) is 5.82 Å². The van der Waals surface area contributed by atoms with E-state index in [0.717, 1.165) is 18.2 Å². The number of pyridine rings is 1. The van der Waals surface area contributed by atoms with Gasteiger partial charge in [0.2, 0.25) is 0 Å². The summed E-state index contributed by atoms with van der Waals surface area (Å²) in [5.41, 5.74) is 1.10. The van der Waals surface area contributed by atoms with Crippen molar-refractivity contribution in [3.05, 3.63) is 41.6 Å². The zero-order chi connectivity index (χ0) is 15.2. The van der Waals surface area contributed by atoms with Crippen LogP contribution in [0.3, 0.4) is 0 Å². The third kappa shape index (κ3) is 3.77. The number of carbonyl (C=O) groups is 1. The number of aromatic amines is 1. The second-order valence-electron chi connectivity index (χ2n) is 4.74. The van der Waals surface area contributed by atoms with Crippen LogP contribution in [0.2, 0.25) is 0 Å². The standard InChI is InChI=1S/C14H18FN5O/c1-3-4-16-13-12(5-11(15)8-17-13)14(21)20(2)9-10-6-18-19-7-10/h5-8H,3-4,9H2,1-2H3,(H,16,17)(H,18,19). The van der Waals surface area contributed by atoms with Gasteiger partial charge in [-0.05, 0) is 12.5 Å². The highest BCUT2D eigenvalue weighted by Gasteiger charge is 2.18. The molecule has 21 heavy (non-hydrogen) atoms. The summed E-state index contributed by atoms with van der Waals surface area (Å²) in [7, 11) is 1.66. The summed E-state index contributed by atoms with van der Waals surface area (Å²) in [4.78, 5) is 17.9. The van der Waals surface area contributed by atoms with Crippen molar-refractivity contribution in [3.8, 4) is 0 Å². The molecule has 0 unspecified atom stereocenters. The molecule has 2 heterocycles. The lowest BCUT2D eigenvalue weighted by atomic mass is 10.2. The molecular formula is C14H18FN5O. The minimum Gasteiger partial charge on any atom is -0.369 e. The van der Waals surface area contributed by atoms with Crippen molar-refractivity contribution in [3.63, 3.8) is 0 Å². The second-order valence-corrected chi connectivity index (χ2v) is 4.74. The maximum atomic E-state index is 13.4. The number of anilines is 1. The molecule has 0 aliphatic rings. The van der Waals surface area contributed by atoms with Gasteiger partial charge in [-0.3, -0.25) is 9.89 Å². The number of nitrogens with zero attached hydrogens (tertiary/aromatic N) is 3. The van der Waals surface area contributed by atoms with Crippen LogP contribution in [0.1, 0.15) is 29.3 Å². The molecule has 2 aromatic heterocycles. The van der Waals surface area contributed by atoms with Crippen LogP contribution >= 0.6 is 0 Å². The summed E-state index contributed by atoms with van der Waals surface area (Å²) >= 11 is 0. The number of H-pyrrole nitrogens is 1. The van der Waals surface area contributed by atoms with E-state index in [9.17, 15) is 9.18 Å². The van der Waals surface area contributed by atoms with Gasteiger partial charge in [0, 0.05) is 31.9 Å². The maximum absolute atomic E-state index is 13.4. The SMILES string of the molecule is CCCNc1ncc(F)cc1C(=O)N(C)Cc1cn[nH]c1. The van der Waals surface area contributed by atoms with Gasteiger partial charge in [0.05, 0.1) is 18.0 Å². The van der Waals surface area contributed by atoms with Crippen molar-refractivity contribution in [2.24, 2.45) is 0 Å². The monoisotopic (exact) mass is 291 g/mol. The number of aromatic nitrogens is 3. The molecule has 2 rings (SSSR count). The molecule has 0 spiro atoms. The minimum absolute atomic E-state index is 0.231. The molecule has 0 aliphatic carbocycles. The van der Waals surface area contributed by atoms with E-state index in [1.807, 2.05) is 6.92 Å². The number of nitrogens with one attached hydrogen (secondary N) is 2. The molecule has 0 bridgehead atoms. The molecule has 0 radical (unpaired) electrons. The lowest BCUT2D eigenvalue weighted by molar-refractivity contribution is 0.0785. The van der Waals surface area contributed by atoms with E-state index in [1.54, 1.807) is 19.4 Å². The number of carbonyl (C=O) groups excluding carboxylic acids is 1. The number of hydrogen-bond acceptors (Lipinski definition) is 4. The van der Waals surface area contributed by atoms with E-state index in [0.29, 0.717) is 18.9 Å². The smallest absolute Gasteiger partial charge is 0.257 e. The Balaban J connectivity index is 2.18. The van der Waals surface area contributed by atoms with Crippen LogP contribution in [-0.2, 0) is 6.54 Å². The highest BCUT2D eigenvalue weighted by atomic mass is 19.1. The normalized spacial score (nSPS) is 10.4. The van der Waals surface area contributed by atoms with Crippen LogP contribution in [0.15, 0.2) is 24.7 Å². The van der Waals surface area contributed by atoms with Gasteiger partial charge in [-0.2, -0.15) is 5.10 Å². The fraction of sp³-hybridized carbons (Fsp3) is 0.357. The third-order valence-electron chi connectivity index (χ3n) is 2.95. The Morgan fingerprint density at radius 1 is 1.48 bits per heavy atom. The first-order chi connectivity index (χ1) is 10.1. The van der Waals surface area contributed by atoms with Gasteiger partial charge in [-0.1, -0.05) is 6.92 Å². The highest BCUT2D eigenvalue weighted by Crippen LogP contribution is 2.17. The molecular weight excluding hydrogens is 273 g/mol. The first-order valence-electron chi connectivity index (χ1n) is 6.74. The Kier molecular flexibility index (Phi) is 4.86. The van der Waals surface area contributed by atoms with Gasteiger partial charge in [0.15, 0.2) is 0 Å². The lowest BCUT2D eigenvalue weighted by Crippen LogP contribution is -2.27. The molecule has 0 aromatic carbocycles. The summed E-state index contributed by atoms with van der Waals surface area (Å²) < 4.78 is 13.4. The average Bonchev–Trinajstić information content (AvgIpc) is 2.98. The summed E-state index contributed by atoms with van der Waals surface area (Å²) in [6.07, 6.45) is 5.34. The van der Waals surface area contributed by atoms with Gasteiger partial charge in [0.1, 0.15) is 11.6 Å². The van der Waals surface area contributed by atoms with Gasteiger partial charge in [0.25, 0.3) is 5.91 Å². The fourth-order valence-corrected chi connectivity index (χ4v) is 1.90. The predicted octanol–water partition coefficient (Wildman–Crippen LogP) is 2.04. The Morgan fingerprint density at radius 2 is 2.29 bits per heavy atom. The van der Waals surface area contributed by atoms with E-state index < -0.39 is 5.82 Å². The van der Waals surface area contributed by atoms with Crippen molar-refractivity contribution >= 4 is 11.7 Å². The van der Waals surface area contributed by atoms with E-state index in [2.05, 4.69) is 20.5 Å². The number of rotatable bonds is 6. The third-order valence-corrected chi connectivity index (χ3v) is 2.95. The Bertz CT molecular complexity index is 599. The Hall–Kier alpha value is -2.44. The fourth-order valence-electron chi connectivity index (χ4n) is 1.90. The number of halogens is 1. The van der Waals surface area contributed by atoms with E-state index >= 15 is 0 Å². The molecule has 2 aromatic rings. The summed E-state index contributed by atoms with van der Waals surface area (Å²) in [5, 5.41) is 9.56. The molecule has 0 atom stereocenters. The molecule has 1 amide bonds. The molecule has 6 nitrogen and oxygen atoms in total. The predicted molar refractivity (Wildman–Crippen MR) is 77.4 cm³/mol. The number of hydrogen-bond donors (Lipinski definition) is 2. The van der Waals surface area contributed by atoms with Crippen molar-refractivity contribution in [2.45, 2.75) is 19.9 Å². The summed E-state index contributed by atoms with van der Waals surface area (Å²) in [6.45, 7) is 3.06. The van der Waals surface area contributed by atoms with E-state index in [4.69, 9.17) is 0 Å². The quantitative estimate of drug-likeness (QED) is 0.854. The molecule has 0 aliphatic heterocycles. The largest absolute Gasteiger partial charge is 0.369 e. The van der Waals surface area contributed by atoms with Crippen LogP contribution in [0.4, 0.5) is 10.2 Å². The van der Waals surface area contributed by atoms with Gasteiger partial charge in [-0.15, -0.1) is 0 Å². The molecule has 2 N–H and O–H groups in total. The van der Waals surface area contributed by atoms with Crippen LogP contribution < -0.4 is 5.32 Å². The molecule has 7 heteroatoms. The molecule has 0 fully saturated rings. The minimum atomic E-state index is -0.530. The Morgan fingerprint density at radius 3 is 2.95 bits per heavy atom. The Labute approximate surface area is 122 Å². The topological polar surface area (TPSA) is 73.9 Å². The average molecular weight is 291 g/mol. The lowest BCUT2D eigenvalue weighted by Gasteiger charge is -2.18. The zero-order valence-electron chi connectivity index (χ0n) is 12.1. The molecule has 0 saturated carbocycles. The van der Waals surface area contributed by atoms with E-state index in [-0.39, 0.29) is 11.5 Å². The maximum Gasteiger partial charge on any atom is 0.257 e. The van der Waals surface area contributed by atoms with Gasteiger partial charge >= 0.3 is 0 Å². The van der Waals surface area contributed by atoms with Crippen molar-refractivity contribution < 1.29 is 9.18 Å². The first-order valence-corrected chi connectivity index (χ1v) is 6.74. The van der Waals surface area contributed by atoms with Gasteiger partial charge in [-0.25, -0.2) is 9.37 Å². The molecule has 112 valence electrons. The van der Waals surface area contributed by atoms with Crippen molar-refractivity contribution in [1.82, 2.24) is 20.1 Å². The number of amides is 1. The van der Waals surface area contributed by atoms with Gasteiger partial charge < -0.3 is 10.2 Å². The second kappa shape index (κ2) is 6.83. The first kappa shape index (κ1) is 15.0. The highest BCUT2D eigenvalue weighted by molar-refractivity contribution is 5.98. The van der Waals surface area contributed by atoms with Crippen LogP contribution in [0.25, 0.3) is 0 Å². The summed E-state index contributed by atoms with van der Waals surface area (Å²) in [5.74, 6) is -0.416.